The fraction of sp³-hybridized carbons (Fsp3) is 0.324. The summed E-state index contributed by atoms with van der Waals surface area (Å²) in [6.45, 7) is 5.05. The van der Waals surface area contributed by atoms with Gasteiger partial charge in [-0.1, -0.05) is 25.1 Å². The molecule has 0 N–H and O–H groups in total. The maximum absolute atomic E-state index is 12.6. The summed E-state index contributed by atoms with van der Waals surface area (Å²) >= 11 is 0. The second-order valence-electron chi connectivity index (χ2n) is 12.0. The van der Waals surface area contributed by atoms with Crippen LogP contribution in [0.15, 0.2) is 82.5 Å². The molecule has 2 aliphatic rings. The minimum atomic E-state index is -0.169. The molecular weight excluding hydrogens is 570 g/mol. The van der Waals surface area contributed by atoms with Crippen molar-refractivity contribution in [1.82, 2.24) is 34.8 Å². The van der Waals surface area contributed by atoms with Crippen molar-refractivity contribution in [3.05, 3.63) is 101 Å². The molecule has 11 heteroatoms. The Bertz CT molecular complexity index is 1880. The number of rotatable bonds is 9. The van der Waals surface area contributed by atoms with Crippen molar-refractivity contribution in [1.29, 1.82) is 0 Å². The summed E-state index contributed by atoms with van der Waals surface area (Å²) in [5.41, 5.74) is 3.91. The van der Waals surface area contributed by atoms with E-state index >= 15 is 0 Å². The van der Waals surface area contributed by atoms with Crippen molar-refractivity contribution >= 4 is 5.91 Å². The lowest BCUT2D eigenvalue weighted by Gasteiger charge is -2.34. The van der Waals surface area contributed by atoms with Crippen molar-refractivity contribution in [3.8, 4) is 34.2 Å². The smallest absolute Gasteiger partial charge is 0.258 e. The van der Waals surface area contributed by atoms with Crippen molar-refractivity contribution in [3.63, 3.8) is 0 Å². The van der Waals surface area contributed by atoms with Gasteiger partial charge in [-0.2, -0.15) is 15.2 Å². The molecule has 228 valence electrons. The third-order valence-corrected chi connectivity index (χ3v) is 8.58. The van der Waals surface area contributed by atoms with Gasteiger partial charge in [-0.15, -0.1) is 0 Å². The van der Waals surface area contributed by atoms with E-state index in [1.807, 2.05) is 59.5 Å². The lowest BCUT2D eigenvalue weighted by Crippen LogP contribution is -2.40. The van der Waals surface area contributed by atoms with E-state index in [-0.39, 0.29) is 23.9 Å². The summed E-state index contributed by atoms with van der Waals surface area (Å²) in [6.07, 6.45) is 6.67. The van der Waals surface area contributed by atoms with Crippen LogP contribution in [0.1, 0.15) is 68.4 Å². The highest BCUT2D eigenvalue weighted by atomic mass is 16.5. The number of aromatic nitrogens is 6. The van der Waals surface area contributed by atoms with Gasteiger partial charge >= 0.3 is 0 Å². The predicted molar refractivity (Wildman–Crippen MR) is 166 cm³/mol. The Morgan fingerprint density at radius 1 is 0.978 bits per heavy atom. The van der Waals surface area contributed by atoms with E-state index in [1.54, 1.807) is 0 Å². The molecule has 2 aromatic carbocycles. The van der Waals surface area contributed by atoms with Crippen molar-refractivity contribution in [2.24, 2.45) is 0 Å². The molecule has 1 aliphatic carbocycles. The van der Waals surface area contributed by atoms with E-state index in [0.29, 0.717) is 53.7 Å². The fourth-order valence-corrected chi connectivity index (χ4v) is 5.69. The number of carbonyl (C=O) groups excluding carboxylic acids is 1. The third kappa shape index (κ3) is 5.98. The molecule has 2 fully saturated rings. The first-order valence-electron chi connectivity index (χ1n) is 15.3. The van der Waals surface area contributed by atoms with E-state index in [9.17, 15) is 9.59 Å². The summed E-state index contributed by atoms with van der Waals surface area (Å²) < 4.78 is 13.6. The number of hydrogen-bond donors (Lipinski definition) is 0. The van der Waals surface area contributed by atoms with Gasteiger partial charge in [-0.3, -0.25) is 14.2 Å². The fourth-order valence-electron chi connectivity index (χ4n) is 5.69. The second kappa shape index (κ2) is 12.1. The van der Waals surface area contributed by atoms with Crippen LogP contribution in [-0.4, -0.2) is 53.3 Å². The highest BCUT2D eigenvalue weighted by Gasteiger charge is 2.39. The summed E-state index contributed by atoms with van der Waals surface area (Å²) in [7, 11) is 0. The molecule has 7 rings (SSSR count). The van der Waals surface area contributed by atoms with Gasteiger partial charge in [0.05, 0.1) is 24.3 Å². The van der Waals surface area contributed by atoms with Gasteiger partial charge in [0.15, 0.2) is 5.82 Å². The quantitative estimate of drug-likeness (QED) is 0.212. The summed E-state index contributed by atoms with van der Waals surface area (Å²) in [6, 6.07) is 18.9. The first kappa shape index (κ1) is 28.6. The topological polar surface area (TPSA) is 129 Å². The molecule has 5 aromatic rings. The SMILES string of the molecule is CC(C)c1ccc(-c2ccc(Oc3cc(-c4nc(C5CC(=O)N(C6CCC6)C5)no4)ccc3Cn3cnccc3=O)cc2)nn1. The van der Waals surface area contributed by atoms with Crippen LogP contribution < -0.4 is 10.3 Å². The molecule has 4 heterocycles. The minimum absolute atomic E-state index is 0.0900. The van der Waals surface area contributed by atoms with Crippen LogP contribution in [-0.2, 0) is 11.3 Å². The zero-order chi connectivity index (χ0) is 30.9. The molecule has 1 atom stereocenters. The molecule has 3 aromatic heterocycles. The van der Waals surface area contributed by atoms with Crippen molar-refractivity contribution in [2.45, 2.75) is 64.0 Å². The van der Waals surface area contributed by atoms with Gasteiger partial charge in [0.25, 0.3) is 11.4 Å². The van der Waals surface area contributed by atoms with E-state index in [0.717, 1.165) is 35.4 Å². The number of benzene rings is 2. The molecule has 45 heavy (non-hydrogen) atoms. The largest absolute Gasteiger partial charge is 0.457 e. The van der Waals surface area contributed by atoms with Gasteiger partial charge in [-0.05, 0) is 73.7 Å². The molecule has 1 saturated carbocycles. The number of carbonyl (C=O) groups is 1. The molecule has 1 amide bonds. The maximum Gasteiger partial charge on any atom is 0.258 e. The summed E-state index contributed by atoms with van der Waals surface area (Å²) in [5.74, 6) is 2.39. The standard InChI is InChI=1S/C34H33N7O4/c1-21(2)28-12-13-29(38-37-28)22-8-10-27(11-9-22)44-30-16-23(6-7-24(30)18-40-20-35-15-14-31(40)42)34-36-33(39-45-34)25-17-32(43)41(19-25)26-4-3-5-26/h6-16,20-21,25-26H,3-5,17-19H2,1-2H3. The Morgan fingerprint density at radius 3 is 2.51 bits per heavy atom. The normalized spacial score (nSPS) is 16.7. The Morgan fingerprint density at radius 2 is 1.80 bits per heavy atom. The Balaban J connectivity index is 1.15. The molecule has 0 bridgehead atoms. The molecule has 1 saturated heterocycles. The van der Waals surface area contributed by atoms with Gasteiger partial charge in [-0.25, -0.2) is 4.98 Å². The van der Waals surface area contributed by atoms with Crippen molar-refractivity contribution in [2.75, 3.05) is 6.54 Å². The first-order valence-corrected chi connectivity index (χ1v) is 15.3. The van der Waals surface area contributed by atoms with Gasteiger partial charge < -0.3 is 14.2 Å². The Hall–Kier alpha value is -5.19. The second-order valence-corrected chi connectivity index (χ2v) is 12.0. The van der Waals surface area contributed by atoms with E-state index < -0.39 is 0 Å². The molecule has 11 nitrogen and oxygen atoms in total. The van der Waals surface area contributed by atoms with Gasteiger partial charge in [0.2, 0.25) is 5.91 Å². The van der Waals surface area contributed by atoms with Gasteiger partial charge in [0, 0.05) is 53.9 Å². The average molecular weight is 604 g/mol. The van der Waals surface area contributed by atoms with Crippen molar-refractivity contribution < 1.29 is 14.1 Å². The lowest BCUT2D eigenvalue weighted by atomic mass is 9.92. The van der Waals surface area contributed by atoms with Crippen LogP contribution in [0.3, 0.4) is 0 Å². The van der Waals surface area contributed by atoms with Crippen LogP contribution in [0, 0.1) is 0 Å². The van der Waals surface area contributed by atoms with Crippen LogP contribution >= 0.6 is 0 Å². The van der Waals surface area contributed by atoms with E-state index in [1.165, 1.54) is 29.6 Å². The van der Waals surface area contributed by atoms with Crippen LogP contribution in [0.4, 0.5) is 0 Å². The molecule has 1 unspecified atom stereocenters. The molecule has 0 spiro atoms. The van der Waals surface area contributed by atoms with E-state index in [4.69, 9.17) is 9.26 Å². The van der Waals surface area contributed by atoms with Crippen LogP contribution in [0.5, 0.6) is 11.5 Å². The zero-order valence-corrected chi connectivity index (χ0v) is 25.2. The maximum atomic E-state index is 12.6. The minimum Gasteiger partial charge on any atom is -0.457 e. The highest BCUT2D eigenvalue weighted by Crippen LogP contribution is 2.36. The summed E-state index contributed by atoms with van der Waals surface area (Å²) in [5, 5.41) is 13.0. The average Bonchev–Trinajstić information content (AvgIpc) is 3.66. The zero-order valence-electron chi connectivity index (χ0n) is 25.2. The third-order valence-electron chi connectivity index (χ3n) is 8.58. The number of likely N-dealkylation sites (tertiary alicyclic amines) is 1. The van der Waals surface area contributed by atoms with Crippen LogP contribution in [0.2, 0.25) is 0 Å². The number of amides is 1. The summed E-state index contributed by atoms with van der Waals surface area (Å²) in [4.78, 5) is 35.8. The van der Waals surface area contributed by atoms with Crippen LogP contribution in [0.25, 0.3) is 22.7 Å². The first-order chi connectivity index (χ1) is 21.9. The molecule has 0 radical (unpaired) electrons. The Labute approximate surface area is 259 Å². The monoisotopic (exact) mass is 603 g/mol. The van der Waals surface area contributed by atoms with Gasteiger partial charge in [0.1, 0.15) is 11.5 Å². The van der Waals surface area contributed by atoms with E-state index in [2.05, 4.69) is 39.2 Å². The number of hydrogen-bond acceptors (Lipinski definition) is 9. The Kier molecular flexibility index (Phi) is 7.66. The number of nitrogens with zero attached hydrogens (tertiary/aromatic N) is 7. The lowest BCUT2D eigenvalue weighted by molar-refractivity contribution is -0.131. The predicted octanol–water partition coefficient (Wildman–Crippen LogP) is 5.58. The molecular formula is C34H33N7O4. The number of ether oxygens (including phenoxy) is 1. The highest BCUT2D eigenvalue weighted by molar-refractivity contribution is 5.80. The molecule has 1 aliphatic heterocycles.